The fraction of sp³-hybridized carbons (Fsp3) is 0.133. The second-order valence-electron chi connectivity index (χ2n) is 4.46. The Hall–Kier alpha value is -2.16. The van der Waals surface area contributed by atoms with Crippen LogP contribution in [-0.4, -0.2) is 5.91 Å². The lowest BCUT2D eigenvalue weighted by Crippen LogP contribution is -2.31. The van der Waals surface area contributed by atoms with E-state index >= 15 is 0 Å². The van der Waals surface area contributed by atoms with E-state index < -0.39 is 11.6 Å². The quantitative estimate of drug-likeness (QED) is 0.860. The van der Waals surface area contributed by atoms with E-state index in [4.69, 9.17) is 0 Å². The molecule has 3 heteroatoms. The minimum atomic E-state index is -1.96. The highest BCUT2D eigenvalue weighted by Crippen LogP contribution is 2.41. The molecular weight excluding hydrogens is 229 g/mol. The van der Waals surface area contributed by atoms with Crippen LogP contribution in [0.5, 0.6) is 0 Å². The van der Waals surface area contributed by atoms with Crippen molar-refractivity contribution in [1.29, 1.82) is 0 Å². The summed E-state index contributed by atoms with van der Waals surface area (Å²) < 4.78 is 15.0. The number of para-hydroxylation sites is 1. The van der Waals surface area contributed by atoms with Crippen LogP contribution in [0.4, 0.5) is 10.1 Å². The Labute approximate surface area is 104 Å². The average Bonchev–Trinajstić information content (AvgIpc) is 2.63. The van der Waals surface area contributed by atoms with Crippen molar-refractivity contribution >= 4 is 11.6 Å². The van der Waals surface area contributed by atoms with Crippen molar-refractivity contribution in [2.75, 3.05) is 5.32 Å². The summed E-state index contributed by atoms with van der Waals surface area (Å²) in [5.74, 6) is -0.576. The smallest absolute Gasteiger partial charge is 0.267 e. The Morgan fingerprint density at radius 2 is 1.67 bits per heavy atom. The van der Waals surface area contributed by atoms with Crippen LogP contribution in [0, 0.1) is 0 Å². The molecule has 0 aliphatic carbocycles. The zero-order chi connectivity index (χ0) is 12.6. The molecule has 0 aromatic heterocycles. The predicted octanol–water partition coefficient (Wildman–Crippen LogP) is 3.05. The first kappa shape index (κ1) is 11.0. The molecule has 0 bridgehead atoms. The van der Waals surface area contributed by atoms with Gasteiger partial charge in [-0.3, -0.25) is 4.79 Å². The lowest BCUT2D eigenvalue weighted by Gasteiger charge is -2.17. The van der Waals surface area contributed by atoms with Gasteiger partial charge in [0, 0.05) is 17.7 Å². The van der Waals surface area contributed by atoms with Crippen molar-refractivity contribution in [1.82, 2.24) is 0 Å². The van der Waals surface area contributed by atoms with Crippen LogP contribution in [-0.2, 0) is 16.9 Å². The van der Waals surface area contributed by atoms with Crippen LogP contribution in [0.25, 0.3) is 0 Å². The van der Waals surface area contributed by atoms with Crippen molar-refractivity contribution in [3.63, 3.8) is 0 Å². The lowest BCUT2D eigenvalue weighted by atomic mass is 9.90. The van der Waals surface area contributed by atoms with E-state index in [0.717, 1.165) is 5.56 Å². The Balaban J connectivity index is 2.02. The summed E-state index contributed by atoms with van der Waals surface area (Å²) in [4.78, 5) is 11.9. The minimum Gasteiger partial charge on any atom is -0.323 e. The van der Waals surface area contributed by atoms with E-state index in [-0.39, 0.29) is 6.42 Å². The molecular formula is C15H12FNO. The third kappa shape index (κ3) is 1.59. The van der Waals surface area contributed by atoms with Crippen LogP contribution >= 0.6 is 0 Å². The zero-order valence-electron chi connectivity index (χ0n) is 9.69. The molecule has 1 aliphatic rings. The summed E-state index contributed by atoms with van der Waals surface area (Å²) in [5, 5.41) is 2.59. The monoisotopic (exact) mass is 241 g/mol. The van der Waals surface area contributed by atoms with Gasteiger partial charge >= 0.3 is 0 Å². The number of hydrogen-bond donors (Lipinski definition) is 1. The standard InChI is InChI=1S/C15H12FNO/c16-15(10-11-6-2-1-3-7-11)12-8-4-5-9-13(12)17-14(15)18/h1-9H,10H2,(H,17,18)/t15-/m1/s1. The molecule has 1 aliphatic heterocycles. The van der Waals surface area contributed by atoms with Gasteiger partial charge in [-0.1, -0.05) is 48.5 Å². The van der Waals surface area contributed by atoms with E-state index in [1.165, 1.54) is 0 Å². The number of carbonyl (C=O) groups excluding carboxylic acids is 1. The largest absolute Gasteiger partial charge is 0.323 e. The number of halogens is 1. The zero-order valence-corrected chi connectivity index (χ0v) is 9.69. The molecule has 0 saturated carbocycles. The number of carbonyl (C=O) groups is 1. The normalized spacial score (nSPS) is 21.5. The number of fused-ring (bicyclic) bond motifs is 1. The molecule has 1 N–H and O–H groups in total. The Bertz CT molecular complexity index is 596. The van der Waals surface area contributed by atoms with E-state index in [2.05, 4.69) is 5.32 Å². The van der Waals surface area contributed by atoms with Crippen LogP contribution in [0.15, 0.2) is 54.6 Å². The summed E-state index contributed by atoms with van der Waals surface area (Å²) in [7, 11) is 0. The number of nitrogens with one attached hydrogen (secondary N) is 1. The van der Waals surface area contributed by atoms with Gasteiger partial charge in [-0.05, 0) is 11.6 Å². The Morgan fingerprint density at radius 1 is 1.00 bits per heavy atom. The molecule has 0 fully saturated rings. The van der Waals surface area contributed by atoms with Gasteiger partial charge in [0.2, 0.25) is 5.67 Å². The molecule has 1 amide bonds. The average molecular weight is 241 g/mol. The topological polar surface area (TPSA) is 29.1 Å². The molecule has 2 aromatic carbocycles. The summed E-state index contributed by atoms with van der Waals surface area (Å²) in [5.41, 5.74) is -0.149. The Morgan fingerprint density at radius 3 is 2.44 bits per heavy atom. The fourth-order valence-electron chi connectivity index (χ4n) is 2.33. The molecule has 0 spiro atoms. The lowest BCUT2D eigenvalue weighted by molar-refractivity contribution is -0.126. The molecule has 0 unspecified atom stereocenters. The van der Waals surface area contributed by atoms with E-state index in [1.807, 2.05) is 30.3 Å². The van der Waals surface area contributed by atoms with E-state index in [9.17, 15) is 9.18 Å². The maximum absolute atomic E-state index is 15.0. The molecule has 18 heavy (non-hydrogen) atoms. The molecule has 1 heterocycles. The first-order chi connectivity index (χ1) is 8.70. The van der Waals surface area contributed by atoms with Gasteiger partial charge in [0.25, 0.3) is 5.91 Å². The van der Waals surface area contributed by atoms with Crippen LogP contribution in [0.1, 0.15) is 11.1 Å². The summed E-state index contributed by atoms with van der Waals surface area (Å²) >= 11 is 0. The van der Waals surface area contributed by atoms with Crippen molar-refractivity contribution in [2.45, 2.75) is 12.1 Å². The predicted molar refractivity (Wildman–Crippen MR) is 68.0 cm³/mol. The maximum atomic E-state index is 15.0. The molecule has 0 saturated heterocycles. The summed E-state index contributed by atoms with van der Waals surface area (Å²) in [6, 6.07) is 16.1. The van der Waals surface area contributed by atoms with Gasteiger partial charge in [-0.25, -0.2) is 4.39 Å². The van der Waals surface area contributed by atoms with Gasteiger partial charge in [0.1, 0.15) is 0 Å². The van der Waals surface area contributed by atoms with Gasteiger partial charge in [-0.2, -0.15) is 0 Å². The molecule has 0 radical (unpaired) electrons. The maximum Gasteiger partial charge on any atom is 0.267 e. The van der Waals surface area contributed by atoms with Crippen molar-refractivity contribution in [3.8, 4) is 0 Å². The number of amides is 1. The van der Waals surface area contributed by atoms with E-state index in [1.54, 1.807) is 24.3 Å². The SMILES string of the molecule is O=C1Nc2ccccc2[C@]1(F)Cc1ccccc1. The number of benzene rings is 2. The third-order valence-electron chi connectivity index (χ3n) is 3.25. The molecule has 3 rings (SSSR count). The molecule has 1 atom stereocenters. The molecule has 2 nitrogen and oxygen atoms in total. The highest BCUT2D eigenvalue weighted by atomic mass is 19.1. The third-order valence-corrected chi connectivity index (χ3v) is 3.25. The number of anilines is 1. The van der Waals surface area contributed by atoms with Crippen molar-refractivity contribution in [3.05, 3.63) is 65.7 Å². The number of alkyl halides is 1. The van der Waals surface area contributed by atoms with Gasteiger partial charge in [0.15, 0.2) is 0 Å². The fourth-order valence-corrected chi connectivity index (χ4v) is 2.33. The minimum absolute atomic E-state index is 0.0662. The Kier molecular flexibility index (Phi) is 2.40. The van der Waals surface area contributed by atoms with Gasteiger partial charge in [-0.15, -0.1) is 0 Å². The van der Waals surface area contributed by atoms with Crippen molar-refractivity contribution < 1.29 is 9.18 Å². The summed E-state index contributed by atoms with van der Waals surface area (Å²) in [6.45, 7) is 0. The second-order valence-corrected chi connectivity index (χ2v) is 4.46. The van der Waals surface area contributed by atoms with Crippen LogP contribution < -0.4 is 5.32 Å². The van der Waals surface area contributed by atoms with E-state index in [0.29, 0.717) is 11.3 Å². The number of hydrogen-bond acceptors (Lipinski definition) is 1. The highest BCUT2D eigenvalue weighted by molar-refractivity contribution is 6.05. The van der Waals surface area contributed by atoms with Gasteiger partial charge in [0.05, 0.1) is 0 Å². The van der Waals surface area contributed by atoms with Crippen LogP contribution in [0.3, 0.4) is 0 Å². The van der Waals surface area contributed by atoms with Crippen LogP contribution in [0.2, 0.25) is 0 Å². The second kappa shape index (κ2) is 3.95. The summed E-state index contributed by atoms with van der Waals surface area (Å²) in [6.07, 6.45) is 0.0662. The number of rotatable bonds is 2. The first-order valence-corrected chi connectivity index (χ1v) is 5.84. The molecule has 2 aromatic rings. The first-order valence-electron chi connectivity index (χ1n) is 5.84. The highest BCUT2D eigenvalue weighted by Gasteiger charge is 2.47. The van der Waals surface area contributed by atoms with Crippen molar-refractivity contribution in [2.24, 2.45) is 0 Å². The van der Waals surface area contributed by atoms with Gasteiger partial charge < -0.3 is 5.32 Å². The molecule has 90 valence electrons.